The van der Waals surface area contributed by atoms with Crippen LogP contribution in [0, 0.1) is 5.82 Å². The first-order chi connectivity index (χ1) is 17.3. The maximum absolute atomic E-state index is 13.4. The Labute approximate surface area is 208 Å². The summed E-state index contributed by atoms with van der Waals surface area (Å²) >= 11 is 0. The highest BCUT2D eigenvalue weighted by molar-refractivity contribution is 6.12. The molecule has 186 valence electrons. The molecule has 0 aliphatic carbocycles. The van der Waals surface area contributed by atoms with Crippen LogP contribution in [0.2, 0.25) is 0 Å². The van der Waals surface area contributed by atoms with Crippen molar-refractivity contribution in [2.75, 3.05) is 24.5 Å². The van der Waals surface area contributed by atoms with Gasteiger partial charge in [-0.15, -0.1) is 0 Å². The Balaban J connectivity index is 1.63. The maximum atomic E-state index is 13.4. The molecule has 0 radical (unpaired) electrons. The number of amides is 1. The van der Waals surface area contributed by atoms with Crippen LogP contribution in [0.5, 0.6) is 11.5 Å². The third-order valence-corrected chi connectivity index (χ3v) is 6.54. The van der Waals surface area contributed by atoms with Crippen LogP contribution in [-0.4, -0.2) is 58.8 Å². The zero-order valence-electron chi connectivity index (χ0n) is 19.9. The molecule has 7 nitrogen and oxygen atoms in total. The highest BCUT2D eigenvalue weighted by atomic mass is 19.1. The minimum atomic E-state index is -0.579. The summed E-state index contributed by atoms with van der Waals surface area (Å²) in [5, 5.41) is 21.1. The van der Waals surface area contributed by atoms with E-state index in [0.29, 0.717) is 25.1 Å². The number of carbonyl (C=O) groups excluding carboxylic acids is 3. The van der Waals surface area contributed by atoms with Gasteiger partial charge in [0.1, 0.15) is 29.6 Å². The van der Waals surface area contributed by atoms with Gasteiger partial charge in [-0.2, -0.15) is 0 Å². The number of phenolic OH excluding ortho intramolecular Hbond substituents is 2. The summed E-state index contributed by atoms with van der Waals surface area (Å²) in [5.74, 6) is -2.09. The highest BCUT2D eigenvalue weighted by Gasteiger charge is 2.31. The van der Waals surface area contributed by atoms with Crippen LogP contribution in [0.1, 0.15) is 34.0 Å². The number of phenols is 2. The molecule has 36 heavy (non-hydrogen) atoms. The van der Waals surface area contributed by atoms with Crippen molar-refractivity contribution < 1.29 is 29.0 Å². The summed E-state index contributed by atoms with van der Waals surface area (Å²) in [6, 6.07) is 14.9. The second kappa shape index (κ2) is 10.6. The number of ketones is 1. The van der Waals surface area contributed by atoms with Crippen molar-refractivity contribution in [3.8, 4) is 11.5 Å². The predicted octanol–water partition coefficient (Wildman–Crippen LogP) is 3.49. The SMILES string of the molecule is CCc1c(O)cc(O)c(C(=O)c2ccc(F)cc2)c1CC(=O)N1CCN(c2ccccc2)C(C=O)C1. The van der Waals surface area contributed by atoms with Crippen LogP contribution in [0.25, 0.3) is 0 Å². The van der Waals surface area contributed by atoms with E-state index >= 15 is 0 Å². The molecule has 3 aromatic carbocycles. The summed E-state index contributed by atoms with van der Waals surface area (Å²) < 4.78 is 13.4. The highest BCUT2D eigenvalue weighted by Crippen LogP contribution is 2.35. The molecule has 1 fully saturated rings. The Hall–Kier alpha value is -4.20. The lowest BCUT2D eigenvalue weighted by Gasteiger charge is -2.40. The predicted molar refractivity (Wildman–Crippen MR) is 133 cm³/mol. The van der Waals surface area contributed by atoms with Crippen LogP contribution >= 0.6 is 0 Å². The van der Waals surface area contributed by atoms with E-state index in [0.717, 1.165) is 30.2 Å². The fourth-order valence-corrected chi connectivity index (χ4v) is 4.69. The fraction of sp³-hybridized carbons (Fsp3) is 0.250. The molecule has 1 aliphatic heterocycles. The molecule has 1 atom stereocenters. The average molecular weight is 491 g/mol. The standard InChI is InChI=1S/C28H27FN2O5/c1-2-22-23(27(25(34)15-24(22)33)28(36)18-8-10-19(29)11-9-18)14-26(35)30-12-13-31(21(16-30)17-32)20-6-4-3-5-7-20/h3-11,15,17,21,33-34H,2,12-14,16H2,1H3. The quantitative estimate of drug-likeness (QED) is 0.389. The summed E-state index contributed by atoms with van der Waals surface area (Å²) in [7, 11) is 0. The number of nitrogens with zero attached hydrogens (tertiary/aromatic N) is 2. The van der Waals surface area contributed by atoms with Gasteiger partial charge in [0.15, 0.2) is 5.78 Å². The van der Waals surface area contributed by atoms with E-state index in [4.69, 9.17) is 0 Å². The summed E-state index contributed by atoms with van der Waals surface area (Å²) in [4.78, 5) is 42.0. The van der Waals surface area contributed by atoms with Crippen LogP contribution in [0.3, 0.4) is 0 Å². The van der Waals surface area contributed by atoms with Crippen molar-refractivity contribution in [2.45, 2.75) is 25.8 Å². The Morgan fingerprint density at radius 3 is 2.33 bits per heavy atom. The molecule has 0 spiro atoms. The van der Waals surface area contributed by atoms with Gasteiger partial charge in [0.05, 0.1) is 12.0 Å². The third-order valence-electron chi connectivity index (χ3n) is 6.54. The largest absolute Gasteiger partial charge is 0.508 e. The smallest absolute Gasteiger partial charge is 0.227 e. The van der Waals surface area contributed by atoms with Crippen molar-refractivity contribution in [3.05, 3.63) is 88.7 Å². The van der Waals surface area contributed by atoms with Gasteiger partial charge in [-0.05, 0) is 53.9 Å². The summed E-state index contributed by atoms with van der Waals surface area (Å²) in [6.07, 6.45) is 0.884. The van der Waals surface area contributed by atoms with E-state index in [1.54, 1.807) is 11.8 Å². The van der Waals surface area contributed by atoms with Gasteiger partial charge in [-0.25, -0.2) is 4.39 Å². The molecule has 1 aliphatic rings. The van der Waals surface area contributed by atoms with Gasteiger partial charge in [-0.1, -0.05) is 25.1 Å². The molecule has 2 N–H and O–H groups in total. The molecule has 3 aromatic rings. The maximum Gasteiger partial charge on any atom is 0.227 e. The molecule has 0 aromatic heterocycles. The first-order valence-electron chi connectivity index (χ1n) is 11.8. The number of anilines is 1. The van der Waals surface area contributed by atoms with Gasteiger partial charge >= 0.3 is 0 Å². The van der Waals surface area contributed by atoms with Crippen LogP contribution in [0.4, 0.5) is 10.1 Å². The fourth-order valence-electron chi connectivity index (χ4n) is 4.69. The van der Waals surface area contributed by atoms with Crippen molar-refractivity contribution in [1.29, 1.82) is 0 Å². The molecule has 0 bridgehead atoms. The summed E-state index contributed by atoms with van der Waals surface area (Å²) in [6.45, 7) is 2.76. The number of halogens is 1. The lowest BCUT2D eigenvalue weighted by atomic mass is 9.89. The van der Waals surface area contributed by atoms with Gasteiger partial charge in [0.2, 0.25) is 5.91 Å². The van der Waals surface area contributed by atoms with E-state index in [9.17, 15) is 29.0 Å². The number of aromatic hydroxyl groups is 2. The number of para-hydroxylation sites is 1. The number of piperazine rings is 1. The van der Waals surface area contributed by atoms with Crippen LogP contribution in [-0.2, 0) is 22.4 Å². The Kier molecular flexibility index (Phi) is 7.33. The topological polar surface area (TPSA) is 98.1 Å². The van der Waals surface area contributed by atoms with Gasteiger partial charge in [0.25, 0.3) is 0 Å². The second-order valence-electron chi connectivity index (χ2n) is 8.69. The number of carbonyl (C=O) groups is 3. The molecule has 1 unspecified atom stereocenters. The first kappa shape index (κ1) is 24.9. The van der Waals surface area contributed by atoms with Gasteiger partial charge in [-0.3, -0.25) is 9.59 Å². The number of aldehydes is 1. The zero-order chi connectivity index (χ0) is 25.8. The minimum Gasteiger partial charge on any atom is -0.508 e. The van der Waals surface area contributed by atoms with Gasteiger partial charge < -0.3 is 24.8 Å². The third kappa shape index (κ3) is 4.93. The van der Waals surface area contributed by atoms with E-state index in [2.05, 4.69) is 0 Å². The van der Waals surface area contributed by atoms with E-state index < -0.39 is 23.4 Å². The lowest BCUT2D eigenvalue weighted by Crippen LogP contribution is -2.56. The first-order valence-corrected chi connectivity index (χ1v) is 11.8. The van der Waals surface area contributed by atoms with Crippen LogP contribution in [0.15, 0.2) is 60.7 Å². The van der Waals surface area contributed by atoms with E-state index in [1.807, 2.05) is 35.2 Å². The minimum absolute atomic E-state index is 0.0977. The molecule has 8 heteroatoms. The molecular formula is C28H27FN2O5. The Morgan fingerprint density at radius 2 is 1.69 bits per heavy atom. The van der Waals surface area contributed by atoms with Crippen molar-refractivity contribution in [2.24, 2.45) is 0 Å². The molecular weight excluding hydrogens is 463 g/mol. The molecule has 1 saturated heterocycles. The normalized spacial score (nSPS) is 15.6. The van der Waals surface area contributed by atoms with Crippen molar-refractivity contribution >= 4 is 23.7 Å². The van der Waals surface area contributed by atoms with Crippen molar-refractivity contribution in [1.82, 2.24) is 4.90 Å². The van der Waals surface area contributed by atoms with Crippen molar-refractivity contribution in [3.63, 3.8) is 0 Å². The van der Waals surface area contributed by atoms with E-state index in [1.165, 1.54) is 12.1 Å². The average Bonchev–Trinajstić information content (AvgIpc) is 2.89. The number of hydrogen-bond donors (Lipinski definition) is 2. The number of hydrogen-bond acceptors (Lipinski definition) is 6. The Bertz CT molecular complexity index is 1280. The van der Waals surface area contributed by atoms with E-state index in [-0.39, 0.29) is 41.3 Å². The van der Waals surface area contributed by atoms with Crippen LogP contribution < -0.4 is 4.90 Å². The van der Waals surface area contributed by atoms with Gasteiger partial charge in [0, 0.05) is 37.0 Å². The molecule has 1 heterocycles. The zero-order valence-corrected chi connectivity index (χ0v) is 19.9. The lowest BCUT2D eigenvalue weighted by molar-refractivity contribution is -0.131. The Morgan fingerprint density at radius 1 is 1.00 bits per heavy atom. The molecule has 0 saturated carbocycles. The second-order valence-corrected chi connectivity index (χ2v) is 8.69. The summed E-state index contributed by atoms with van der Waals surface area (Å²) in [5.41, 5.74) is 1.54. The number of rotatable bonds is 7. The monoisotopic (exact) mass is 490 g/mol. The molecule has 1 amide bonds. The molecule has 4 rings (SSSR count). The number of benzene rings is 3.